The molecular weight excluding hydrogens is 232 g/mol. The molecule has 0 aliphatic carbocycles. The van der Waals surface area contributed by atoms with Crippen molar-refractivity contribution in [2.45, 2.75) is 24.4 Å². The molecule has 0 saturated carbocycles. The molecule has 2 N–H and O–H groups in total. The SMILES string of the molecule is O=C(O)/C=C\C(=O)O[C@H]1CO[C@H]2[C@@H]1OC[C@H]2O. The van der Waals surface area contributed by atoms with Crippen LogP contribution in [-0.2, 0) is 23.8 Å². The van der Waals surface area contributed by atoms with Gasteiger partial charge in [-0.3, -0.25) is 0 Å². The second kappa shape index (κ2) is 4.82. The van der Waals surface area contributed by atoms with Crippen molar-refractivity contribution in [3.63, 3.8) is 0 Å². The van der Waals surface area contributed by atoms with Crippen LogP contribution < -0.4 is 0 Å². The number of hydrogen-bond donors (Lipinski definition) is 2. The topological polar surface area (TPSA) is 102 Å². The van der Waals surface area contributed by atoms with Crippen LogP contribution in [0.25, 0.3) is 0 Å². The highest BCUT2D eigenvalue weighted by Gasteiger charge is 2.48. The van der Waals surface area contributed by atoms with Crippen molar-refractivity contribution in [1.82, 2.24) is 0 Å². The molecule has 4 atom stereocenters. The van der Waals surface area contributed by atoms with Gasteiger partial charge >= 0.3 is 11.9 Å². The first-order chi connectivity index (χ1) is 8.08. The van der Waals surface area contributed by atoms with E-state index < -0.39 is 36.4 Å². The molecule has 7 heteroatoms. The molecule has 2 aliphatic heterocycles. The van der Waals surface area contributed by atoms with Gasteiger partial charge in [-0.15, -0.1) is 0 Å². The van der Waals surface area contributed by atoms with E-state index in [9.17, 15) is 14.7 Å². The maximum Gasteiger partial charge on any atom is 0.331 e. The van der Waals surface area contributed by atoms with E-state index in [0.29, 0.717) is 6.08 Å². The van der Waals surface area contributed by atoms with E-state index in [2.05, 4.69) is 0 Å². The van der Waals surface area contributed by atoms with Crippen LogP contribution in [0.1, 0.15) is 0 Å². The fourth-order valence-electron chi connectivity index (χ4n) is 1.87. The maximum atomic E-state index is 11.2. The van der Waals surface area contributed by atoms with Crippen LogP contribution in [-0.4, -0.2) is 59.8 Å². The fraction of sp³-hybridized carbons (Fsp3) is 0.600. The molecule has 0 amide bonds. The second-order valence-electron chi connectivity index (χ2n) is 3.81. The maximum absolute atomic E-state index is 11.2. The lowest BCUT2D eigenvalue weighted by molar-refractivity contribution is -0.148. The van der Waals surface area contributed by atoms with Crippen LogP contribution >= 0.6 is 0 Å². The van der Waals surface area contributed by atoms with Gasteiger partial charge in [0.25, 0.3) is 0 Å². The molecule has 2 fully saturated rings. The van der Waals surface area contributed by atoms with E-state index in [1.165, 1.54) is 0 Å². The number of aliphatic carboxylic acids is 1. The number of carbonyl (C=O) groups is 2. The van der Waals surface area contributed by atoms with Gasteiger partial charge in [0.15, 0.2) is 6.10 Å². The van der Waals surface area contributed by atoms with Crippen LogP contribution in [0.5, 0.6) is 0 Å². The van der Waals surface area contributed by atoms with Crippen LogP contribution in [0, 0.1) is 0 Å². The quantitative estimate of drug-likeness (QED) is 0.469. The van der Waals surface area contributed by atoms with Crippen LogP contribution in [0.2, 0.25) is 0 Å². The molecule has 17 heavy (non-hydrogen) atoms. The number of fused-ring (bicyclic) bond motifs is 1. The van der Waals surface area contributed by atoms with Gasteiger partial charge in [-0.2, -0.15) is 0 Å². The number of esters is 1. The van der Waals surface area contributed by atoms with Crippen LogP contribution in [0.3, 0.4) is 0 Å². The van der Waals surface area contributed by atoms with Gasteiger partial charge in [0.05, 0.1) is 13.2 Å². The number of carbonyl (C=O) groups excluding carboxylic acids is 1. The summed E-state index contributed by atoms with van der Waals surface area (Å²) in [5.41, 5.74) is 0. The third-order valence-corrected chi connectivity index (χ3v) is 2.61. The molecule has 2 rings (SSSR count). The summed E-state index contributed by atoms with van der Waals surface area (Å²) in [6.45, 7) is 0.285. The molecule has 0 unspecified atom stereocenters. The predicted octanol–water partition coefficient (Wildman–Crippen LogP) is -1.30. The van der Waals surface area contributed by atoms with Crippen molar-refractivity contribution in [2.75, 3.05) is 13.2 Å². The zero-order valence-corrected chi connectivity index (χ0v) is 8.81. The third-order valence-electron chi connectivity index (χ3n) is 2.61. The lowest BCUT2D eigenvalue weighted by Gasteiger charge is -2.15. The van der Waals surface area contributed by atoms with E-state index >= 15 is 0 Å². The highest BCUT2D eigenvalue weighted by Crippen LogP contribution is 2.28. The fourth-order valence-corrected chi connectivity index (χ4v) is 1.87. The van der Waals surface area contributed by atoms with Gasteiger partial charge in [0.1, 0.15) is 18.3 Å². The molecule has 0 spiro atoms. The largest absolute Gasteiger partial charge is 0.478 e. The average molecular weight is 244 g/mol. The summed E-state index contributed by atoms with van der Waals surface area (Å²) in [4.78, 5) is 21.4. The number of aliphatic hydroxyl groups is 1. The number of carboxylic acids is 1. The number of carboxylic acid groups (broad SMARTS) is 1. The van der Waals surface area contributed by atoms with Gasteiger partial charge < -0.3 is 24.4 Å². The molecule has 94 valence electrons. The second-order valence-corrected chi connectivity index (χ2v) is 3.81. The smallest absolute Gasteiger partial charge is 0.331 e. The van der Waals surface area contributed by atoms with Gasteiger partial charge in [-0.05, 0) is 0 Å². The molecule has 0 aromatic rings. The van der Waals surface area contributed by atoms with E-state index in [1.54, 1.807) is 0 Å². The van der Waals surface area contributed by atoms with Crippen molar-refractivity contribution in [2.24, 2.45) is 0 Å². The van der Waals surface area contributed by atoms with E-state index in [1.807, 2.05) is 0 Å². The number of rotatable bonds is 3. The van der Waals surface area contributed by atoms with E-state index in [0.717, 1.165) is 6.08 Å². The number of ether oxygens (including phenoxy) is 3. The Morgan fingerprint density at radius 3 is 2.59 bits per heavy atom. The molecule has 0 bridgehead atoms. The Labute approximate surface area is 96.6 Å². The monoisotopic (exact) mass is 244 g/mol. The summed E-state index contributed by atoms with van der Waals surface area (Å²) in [7, 11) is 0. The van der Waals surface area contributed by atoms with Crippen LogP contribution in [0.15, 0.2) is 12.2 Å². The number of hydrogen-bond acceptors (Lipinski definition) is 6. The summed E-state index contributed by atoms with van der Waals surface area (Å²) in [6.07, 6.45) is -0.758. The summed E-state index contributed by atoms with van der Waals surface area (Å²) in [5, 5.41) is 17.8. The lowest BCUT2D eigenvalue weighted by Crippen LogP contribution is -2.33. The van der Waals surface area contributed by atoms with Gasteiger partial charge in [0, 0.05) is 12.2 Å². The molecule has 2 heterocycles. The Bertz CT molecular complexity index is 351. The molecule has 2 aliphatic rings. The van der Waals surface area contributed by atoms with Crippen molar-refractivity contribution >= 4 is 11.9 Å². The minimum absolute atomic E-state index is 0.138. The normalized spacial score (nSPS) is 36.1. The third kappa shape index (κ3) is 2.63. The molecule has 0 aromatic heterocycles. The molecule has 2 saturated heterocycles. The Morgan fingerprint density at radius 2 is 1.88 bits per heavy atom. The molecule has 0 aromatic carbocycles. The minimum atomic E-state index is -1.23. The first-order valence-electron chi connectivity index (χ1n) is 5.11. The summed E-state index contributed by atoms with van der Waals surface area (Å²) < 4.78 is 15.4. The van der Waals surface area contributed by atoms with Crippen LogP contribution in [0.4, 0.5) is 0 Å². The standard InChI is InChI=1S/C10H12O7/c11-5-3-15-10-6(4-16-9(5)10)17-8(14)2-1-7(12)13/h1-2,5-6,9-11H,3-4H2,(H,12,13)/b2-1-/t5-,6+,9-,10-/m1/s1. The summed E-state index contributed by atoms with van der Waals surface area (Å²) in [5.74, 6) is -2.00. The zero-order chi connectivity index (χ0) is 12.4. The Kier molecular flexibility index (Phi) is 3.41. The molecule has 7 nitrogen and oxygen atoms in total. The summed E-state index contributed by atoms with van der Waals surface area (Å²) >= 11 is 0. The summed E-state index contributed by atoms with van der Waals surface area (Å²) in [6, 6.07) is 0. The number of aliphatic hydroxyl groups excluding tert-OH is 1. The van der Waals surface area contributed by atoms with Gasteiger partial charge in [-0.1, -0.05) is 0 Å². The highest BCUT2D eigenvalue weighted by molar-refractivity contribution is 5.90. The van der Waals surface area contributed by atoms with Gasteiger partial charge in [0.2, 0.25) is 0 Å². The Balaban J connectivity index is 1.88. The minimum Gasteiger partial charge on any atom is -0.478 e. The van der Waals surface area contributed by atoms with Crippen molar-refractivity contribution in [3.8, 4) is 0 Å². The Hall–Kier alpha value is -1.44. The predicted molar refractivity (Wildman–Crippen MR) is 52.1 cm³/mol. The van der Waals surface area contributed by atoms with E-state index in [-0.39, 0.29) is 13.2 Å². The molecular formula is C10H12O7. The van der Waals surface area contributed by atoms with Crippen molar-refractivity contribution < 1.29 is 34.0 Å². The lowest BCUT2D eigenvalue weighted by atomic mass is 10.1. The van der Waals surface area contributed by atoms with E-state index in [4.69, 9.17) is 19.3 Å². The van der Waals surface area contributed by atoms with Crippen molar-refractivity contribution in [1.29, 1.82) is 0 Å². The van der Waals surface area contributed by atoms with Gasteiger partial charge in [-0.25, -0.2) is 9.59 Å². The zero-order valence-electron chi connectivity index (χ0n) is 8.81. The average Bonchev–Trinajstić information content (AvgIpc) is 2.81. The van der Waals surface area contributed by atoms with Crippen molar-refractivity contribution in [3.05, 3.63) is 12.2 Å². The Morgan fingerprint density at radius 1 is 1.18 bits per heavy atom. The first kappa shape index (κ1) is 12.0. The molecule has 0 radical (unpaired) electrons. The first-order valence-corrected chi connectivity index (χ1v) is 5.11. The highest BCUT2D eigenvalue weighted by atomic mass is 16.6.